The fraction of sp³-hybridized carbons (Fsp3) is 0.176. The van der Waals surface area contributed by atoms with Crippen molar-refractivity contribution in [1.82, 2.24) is 25.0 Å². The number of hydrogen-bond donors (Lipinski definition) is 2. The Kier molecular flexibility index (Phi) is 6.78. The van der Waals surface area contributed by atoms with E-state index in [4.69, 9.17) is 33.2 Å². The summed E-state index contributed by atoms with van der Waals surface area (Å²) in [4.78, 5) is 37.3. The molecule has 0 amide bonds. The number of ether oxygens (including phenoxy) is 1. The lowest BCUT2D eigenvalue weighted by Gasteiger charge is -2.12. The number of hydrogen-bond acceptors (Lipinski definition) is 7. The van der Waals surface area contributed by atoms with Crippen molar-refractivity contribution in [2.24, 2.45) is 0 Å². The molecule has 0 unspecified atom stereocenters. The Labute approximate surface area is 177 Å². The molecule has 0 spiro atoms. The zero-order valence-electron chi connectivity index (χ0n) is 15.5. The molecule has 156 valence electrons. The van der Waals surface area contributed by atoms with Gasteiger partial charge in [-0.3, -0.25) is 14.6 Å². The van der Waals surface area contributed by atoms with Crippen LogP contribution in [0.2, 0.25) is 10.0 Å². The maximum Gasteiger partial charge on any atom is 0.349 e. The summed E-state index contributed by atoms with van der Waals surface area (Å²) in [6, 6.07) is 5.67. The molecule has 0 fully saturated rings. The molecule has 0 aliphatic carbocycles. The Morgan fingerprint density at radius 3 is 2.33 bits per heavy atom. The first-order valence-electron chi connectivity index (χ1n) is 8.12. The molecule has 30 heavy (non-hydrogen) atoms. The minimum absolute atomic E-state index is 0. The lowest BCUT2D eigenvalue weighted by Crippen LogP contribution is -2.33. The summed E-state index contributed by atoms with van der Waals surface area (Å²) in [5.41, 5.74) is -2.06. The zero-order valence-corrected chi connectivity index (χ0v) is 17.0. The lowest BCUT2D eigenvalue weighted by molar-refractivity contribution is 0.452. The predicted octanol–water partition coefficient (Wildman–Crippen LogP) is 1.27. The molecule has 13 heteroatoms. The van der Waals surface area contributed by atoms with Crippen LogP contribution < -0.4 is 21.5 Å². The molecule has 3 rings (SSSR count). The number of nitrogens with one attached hydrogen (secondary N) is 2. The van der Waals surface area contributed by atoms with Crippen LogP contribution in [0.5, 0.6) is 11.6 Å². The Morgan fingerprint density at radius 1 is 1.13 bits per heavy atom. The first-order valence-corrected chi connectivity index (χ1v) is 8.87. The van der Waals surface area contributed by atoms with Gasteiger partial charge in [0, 0.05) is 11.6 Å². The van der Waals surface area contributed by atoms with Gasteiger partial charge in [-0.25, -0.2) is 9.89 Å². The summed E-state index contributed by atoms with van der Waals surface area (Å²) in [6.45, 7) is 3.68. The third-order valence-corrected chi connectivity index (χ3v) is 4.36. The highest BCUT2D eigenvalue weighted by Crippen LogP contribution is 2.37. The lowest BCUT2D eigenvalue weighted by atomic mass is 10.1. The first-order chi connectivity index (χ1) is 13.7. The molecule has 0 radical (unpaired) electrons. The van der Waals surface area contributed by atoms with E-state index in [0.29, 0.717) is 5.56 Å². The Hall–Kier alpha value is -3.46. The minimum Gasteiger partial charge on any atom is -0.434 e. The Morgan fingerprint density at radius 2 is 1.77 bits per heavy atom. The van der Waals surface area contributed by atoms with E-state index in [0.717, 1.165) is 4.68 Å². The molecular weight excluding hydrogens is 439 g/mol. The van der Waals surface area contributed by atoms with Crippen molar-refractivity contribution >= 4 is 23.2 Å². The van der Waals surface area contributed by atoms with Gasteiger partial charge in [-0.15, -0.1) is 10.2 Å². The van der Waals surface area contributed by atoms with E-state index in [1.165, 1.54) is 18.2 Å². The maximum atomic E-state index is 12.0. The van der Waals surface area contributed by atoms with Gasteiger partial charge < -0.3 is 10.2 Å². The van der Waals surface area contributed by atoms with Crippen molar-refractivity contribution in [3.8, 4) is 23.4 Å². The van der Waals surface area contributed by atoms with Crippen molar-refractivity contribution in [1.29, 1.82) is 5.26 Å². The van der Waals surface area contributed by atoms with Crippen LogP contribution in [0.4, 0.5) is 0 Å². The molecule has 0 aliphatic heterocycles. The topological polar surface area (TPSA) is 178 Å². The Bertz CT molecular complexity index is 1300. The van der Waals surface area contributed by atoms with Crippen LogP contribution in [0, 0.1) is 11.3 Å². The van der Waals surface area contributed by atoms with E-state index in [1.807, 2.05) is 18.8 Å². The Balaban J connectivity index is 0.00000320. The van der Waals surface area contributed by atoms with Crippen molar-refractivity contribution < 1.29 is 10.2 Å². The smallest absolute Gasteiger partial charge is 0.349 e. The molecule has 0 atom stereocenters. The van der Waals surface area contributed by atoms with Gasteiger partial charge in [-0.05, 0) is 18.1 Å². The molecule has 2 heterocycles. The third kappa shape index (κ3) is 4.41. The highest BCUT2D eigenvalue weighted by atomic mass is 35.5. The van der Waals surface area contributed by atoms with E-state index in [1.54, 1.807) is 6.07 Å². The number of nitriles is 1. The highest BCUT2D eigenvalue weighted by Gasteiger charge is 2.16. The second-order valence-electron chi connectivity index (χ2n) is 6.12. The minimum atomic E-state index is -0.906. The average Bonchev–Trinajstić information content (AvgIpc) is 2.65. The molecule has 0 bridgehead atoms. The number of aromatic amines is 2. The molecule has 3 aromatic rings. The molecule has 4 N–H and O–H groups in total. The van der Waals surface area contributed by atoms with E-state index in [2.05, 4.69) is 15.3 Å². The van der Waals surface area contributed by atoms with Gasteiger partial charge in [0.05, 0.1) is 15.7 Å². The molecule has 0 saturated heterocycles. The van der Waals surface area contributed by atoms with Crippen molar-refractivity contribution in [3.63, 3.8) is 0 Å². The van der Waals surface area contributed by atoms with E-state index >= 15 is 0 Å². The number of rotatable bonds is 4. The summed E-state index contributed by atoms with van der Waals surface area (Å²) in [5.74, 6) is 0.0326. The summed E-state index contributed by atoms with van der Waals surface area (Å²) >= 11 is 12.5. The van der Waals surface area contributed by atoms with Crippen molar-refractivity contribution in [2.45, 2.75) is 19.8 Å². The predicted molar refractivity (Wildman–Crippen MR) is 108 cm³/mol. The second kappa shape index (κ2) is 8.91. The number of nitrogens with zero attached hydrogens (tertiary/aromatic N) is 4. The van der Waals surface area contributed by atoms with Crippen LogP contribution in [0.25, 0.3) is 5.69 Å². The fourth-order valence-electron chi connectivity index (χ4n) is 2.40. The van der Waals surface area contributed by atoms with Crippen LogP contribution in [0.3, 0.4) is 0 Å². The van der Waals surface area contributed by atoms with Crippen LogP contribution >= 0.6 is 23.2 Å². The van der Waals surface area contributed by atoms with Crippen LogP contribution in [-0.4, -0.2) is 30.4 Å². The summed E-state index contributed by atoms with van der Waals surface area (Å²) in [7, 11) is 0. The van der Waals surface area contributed by atoms with Gasteiger partial charge in [0.15, 0.2) is 5.75 Å². The summed E-state index contributed by atoms with van der Waals surface area (Å²) in [6.07, 6.45) is 0. The first kappa shape index (κ1) is 22.8. The zero-order chi connectivity index (χ0) is 21.3. The second-order valence-corrected chi connectivity index (χ2v) is 6.93. The van der Waals surface area contributed by atoms with Crippen LogP contribution in [0.1, 0.15) is 31.0 Å². The van der Waals surface area contributed by atoms with Gasteiger partial charge in [-0.1, -0.05) is 37.0 Å². The number of H-pyrrole nitrogens is 2. The maximum absolute atomic E-state index is 12.0. The molecule has 0 aliphatic rings. The largest absolute Gasteiger partial charge is 0.434 e. The third-order valence-electron chi connectivity index (χ3n) is 3.80. The van der Waals surface area contributed by atoms with Crippen LogP contribution in [-0.2, 0) is 0 Å². The number of halogens is 2. The average molecular weight is 453 g/mol. The van der Waals surface area contributed by atoms with Crippen molar-refractivity contribution in [3.05, 3.63) is 70.7 Å². The molecule has 0 saturated carbocycles. The highest BCUT2D eigenvalue weighted by molar-refractivity contribution is 6.37. The van der Waals surface area contributed by atoms with E-state index < -0.39 is 16.9 Å². The number of benzene rings is 1. The SMILES string of the molecule is CC(C)c1cc(Oc2c(Cl)cc(-n3nc(C#N)c(=O)[nH]c3=O)cc2Cl)n[nH]c1=O.O. The molecule has 1 aromatic carbocycles. The van der Waals surface area contributed by atoms with Crippen LogP contribution in [0.15, 0.2) is 32.6 Å². The normalized spacial score (nSPS) is 10.4. The summed E-state index contributed by atoms with van der Waals surface area (Å²) in [5, 5.41) is 18.8. The molecular formula is C17H14Cl2N6O5. The van der Waals surface area contributed by atoms with Gasteiger partial charge in [0.25, 0.3) is 11.1 Å². The monoisotopic (exact) mass is 452 g/mol. The van der Waals surface area contributed by atoms with E-state index in [9.17, 15) is 14.4 Å². The van der Waals surface area contributed by atoms with Gasteiger partial charge >= 0.3 is 5.69 Å². The van der Waals surface area contributed by atoms with E-state index in [-0.39, 0.29) is 44.3 Å². The molecule has 11 nitrogen and oxygen atoms in total. The summed E-state index contributed by atoms with van der Waals surface area (Å²) < 4.78 is 6.38. The fourth-order valence-corrected chi connectivity index (χ4v) is 2.95. The van der Waals surface area contributed by atoms with Gasteiger partial charge in [0.2, 0.25) is 11.6 Å². The molecule has 2 aromatic heterocycles. The standard InChI is InChI=1S/C17H12Cl2N6O4.H2O/c1-7(2)9-5-13(22-23-15(9)26)29-14-10(18)3-8(4-11(14)19)25-17(28)21-16(27)12(6-20)24-25;/h3-5,7H,1-2H3,(H,23,26)(H,21,27,28);1H2. The quantitative estimate of drug-likeness (QED) is 0.597. The van der Waals surface area contributed by atoms with Crippen molar-refractivity contribution in [2.75, 3.05) is 0 Å². The van der Waals surface area contributed by atoms with Gasteiger partial charge in [0.1, 0.15) is 6.07 Å². The van der Waals surface area contributed by atoms with Gasteiger partial charge in [-0.2, -0.15) is 9.94 Å². The number of aromatic nitrogens is 5.